The van der Waals surface area contributed by atoms with Crippen LogP contribution in [0.15, 0.2) is 71.6 Å². The number of primary amides is 1. The van der Waals surface area contributed by atoms with E-state index < -0.39 is 21.8 Å². The standard InChI is InChI=1S/C21H17Cl2N3O5S/c22-14-9-15(23)11-17(10-14)26-32(29,30)19-7-5-18(6-8-19)31-12-20(27)25-16-3-1-13(2-4-16)21(24)28/h1-11,26H,12H2,(H2,24,28)(H,25,27). The summed E-state index contributed by atoms with van der Waals surface area (Å²) in [6, 6.07) is 15.9. The van der Waals surface area contributed by atoms with Crippen molar-refractivity contribution >= 4 is 56.4 Å². The van der Waals surface area contributed by atoms with Crippen LogP contribution in [0.3, 0.4) is 0 Å². The second-order valence-electron chi connectivity index (χ2n) is 6.51. The van der Waals surface area contributed by atoms with Gasteiger partial charge in [0.2, 0.25) is 5.91 Å². The largest absolute Gasteiger partial charge is 0.484 e. The molecule has 4 N–H and O–H groups in total. The van der Waals surface area contributed by atoms with Crippen molar-refractivity contribution in [3.8, 4) is 5.75 Å². The van der Waals surface area contributed by atoms with Gasteiger partial charge in [-0.05, 0) is 66.7 Å². The predicted molar refractivity (Wildman–Crippen MR) is 123 cm³/mol. The van der Waals surface area contributed by atoms with Crippen molar-refractivity contribution in [3.63, 3.8) is 0 Å². The van der Waals surface area contributed by atoms with E-state index in [1.807, 2.05) is 0 Å². The lowest BCUT2D eigenvalue weighted by Crippen LogP contribution is -2.20. The van der Waals surface area contributed by atoms with E-state index >= 15 is 0 Å². The summed E-state index contributed by atoms with van der Waals surface area (Å²) < 4.78 is 32.9. The maximum atomic E-state index is 12.5. The van der Waals surface area contributed by atoms with Gasteiger partial charge in [0, 0.05) is 21.3 Å². The van der Waals surface area contributed by atoms with Crippen LogP contribution in [0.25, 0.3) is 0 Å². The summed E-state index contributed by atoms with van der Waals surface area (Å²) in [6.07, 6.45) is 0. The first kappa shape index (κ1) is 23.4. The number of benzene rings is 3. The third kappa shape index (κ3) is 6.36. The highest BCUT2D eigenvalue weighted by atomic mass is 35.5. The lowest BCUT2D eigenvalue weighted by atomic mass is 10.2. The van der Waals surface area contributed by atoms with E-state index in [1.165, 1.54) is 66.7 Å². The Morgan fingerprint density at radius 2 is 1.47 bits per heavy atom. The molecular formula is C21H17Cl2N3O5S. The SMILES string of the molecule is NC(=O)c1ccc(NC(=O)COc2ccc(S(=O)(=O)Nc3cc(Cl)cc(Cl)c3)cc2)cc1. The fourth-order valence-corrected chi connectivity index (χ4v) is 4.17. The van der Waals surface area contributed by atoms with Crippen LogP contribution in [0, 0.1) is 0 Å². The van der Waals surface area contributed by atoms with Crippen LogP contribution in [0.2, 0.25) is 10.0 Å². The second-order valence-corrected chi connectivity index (χ2v) is 9.07. The quantitative estimate of drug-likeness (QED) is 0.438. The van der Waals surface area contributed by atoms with Gasteiger partial charge in [0.05, 0.1) is 10.6 Å². The van der Waals surface area contributed by atoms with Gasteiger partial charge in [-0.2, -0.15) is 0 Å². The molecule has 0 atom stereocenters. The maximum Gasteiger partial charge on any atom is 0.262 e. The number of carbonyl (C=O) groups is 2. The summed E-state index contributed by atoms with van der Waals surface area (Å²) in [5.41, 5.74) is 6.18. The van der Waals surface area contributed by atoms with Crippen LogP contribution >= 0.6 is 23.2 Å². The average Bonchev–Trinajstić information content (AvgIpc) is 2.72. The van der Waals surface area contributed by atoms with Crippen molar-refractivity contribution in [1.82, 2.24) is 0 Å². The van der Waals surface area contributed by atoms with Gasteiger partial charge in [-0.1, -0.05) is 23.2 Å². The number of nitrogens with one attached hydrogen (secondary N) is 2. The lowest BCUT2D eigenvalue weighted by Gasteiger charge is -2.11. The first-order chi connectivity index (χ1) is 15.1. The molecule has 11 heteroatoms. The van der Waals surface area contributed by atoms with Crippen LogP contribution < -0.4 is 20.5 Å². The van der Waals surface area contributed by atoms with Crippen LogP contribution in [0.5, 0.6) is 5.75 Å². The van der Waals surface area contributed by atoms with Gasteiger partial charge >= 0.3 is 0 Å². The van der Waals surface area contributed by atoms with Crippen LogP contribution in [0.1, 0.15) is 10.4 Å². The topological polar surface area (TPSA) is 128 Å². The molecule has 3 aromatic carbocycles. The summed E-state index contributed by atoms with van der Waals surface area (Å²) in [5.74, 6) is -0.703. The minimum absolute atomic E-state index is 0.0139. The van der Waals surface area contributed by atoms with Gasteiger partial charge in [0.25, 0.3) is 15.9 Å². The van der Waals surface area contributed by atoms with Crippen LogP contribution in [-0.2, 0) is 14.8 Å². The second kappa shape index (κ2) is 9.90. The Labute approximate surface area is 194 Å². The molecule has 8 nitrogen and oxygen atoms in total. The molecule has 0 aliphatic carbocycles. The monoisotopic (exact) mass is 493 g/mol. The molecule has 0 bridgehead atoms. The summed E-state index contributed by atoms with van der Waals surface area (Å²) in [4.78, 5) is 23.1. The zero-order valence-electron chi connectivity index (χ0n) is 16.3. The molecule has 0 aromatic heterocycles. The third-order valence-corrected chi connectivity index (χ3v) is 5.91. The van der Waals surface area contributed by atoms with Crippen molar-refractivity contribution in [3.05, 3.63) is 82.3 Å². The van der Waals surface area contributed by atoms with Gasteiger partial charge in [0.15, 0.2) is 6.61 Å². The number of hydrogen-bond donors (Lipinski definition) is 3. The van der Waals surface area contributed by atoms with Crippen molar-refractivity contribution in [2.75, 3.05) is 16.6 Å². The van der Waals surface area contributed by atoms with Gasteiger partial charge < -0.3 is 15.8 Å². The van der Waals surface area contributed by atoms with Gasteiger partial charge in [-0.25, -0.2) is 8.42 Å². The Hall–Kier alpha value is -3.27. The summed E-state index contributed by atoms with van der Waals surface area (Å²) in [5, 5.41) is 3.19. The van der Waals surface area contributed by atoms with Crippen molar-refractivity contribution in [2.45, 2.75) is 4.90 Å². The Balaban J connectivity index is 1.57. The minimum Gasteiger partial charge on any atom is -0.484 e. The third-order valence-electron chi connectivity index (χ3n) is 4.07. The summed E-state index contributed by atoms with van der Waals surface area (Å²) in [6.45, 7) is -0.303. The number of anilines is 2. The molecule has 0 aliphatic rings. The maximum absolute atomic E-state index is 12.5. The number of hydrogen-bond acceptors (Lipinski definition) is 5. The normalized spacial score (nSPS) is 10.9. The number of sulfonamides is 1. The van der Waals surface area contributed by atoms with E-state index in [9.17, 15) is 18.0 Å². The van der Waals surface area contributed by atoms with Crippen molar-refractivity contribution in [1.29, 1.82) is 0 Å². The zero-order valence-corrected chi connectivity index (χ0v) is 18.7. The summed E-state index contributed by atoms with van der Waals surface area (Å²) >= 11 is 11.8. The molecule has 0 unspecified atom stereocenters. The Bertz CT molecular complexity index is 1230. The molecule has 3 rings (SSSR count). The molecule has 2 amide bonds. The highest BCUT2D eigenvalue weighted by Crippen LogP contribution is 2.25. The zero-order chi connectivity index (χ0) is 23.3. The molecule has 0 heterocycles. The van der Waals surface area contributed by atoms with E-state index in [-0.39, 0.29) is 17.2 Å². The van der Waals surface area contributed by atoms with E-state index in [4.69, 9.17) is 33.7 Å². The Kier molecular flexibility index (Phi) is 7.24. The molecule has 0 radical (unpaired) electrons. The number of nitrogens with two attached hydrogens (primary N) is 1. The Morgan fingerprint density at radius 3 is 2.03 bits per heavy atom. The molecular weight excluding hydrogens is 477 g/mol. The van der Waals surface area contributed by atoms with Gasteiger partial charge in [-0.3, -0.25) is 14.3 Å². The molecule has 0 saturated carbocycles. The lowest BCUT2D eigenvalue weighted by molar-refractivity contribution is -0.118. The number of amides is 2. The number of rotatable bonds is 8. The minimum atomic E-state index is -3.88. The fourth-order valence-electron chi connectivity index (χ4n) is 2.61. The molecule has 0 aliphatic heterocycles. The van der Waals surface area contributed by atoms with Crippen LogP contribution in [0.4, 0.5) is 11.4 Å². The number of carbonyl (C=O) groups excluding carboxylic acids is 2. The van der Waals surface area contributed by atoms with E-state index in [0.29, 0.717) is 27.0 Å². The number of ether oxygens (including phenoxy) is 1. The molecule has 166 valence electrons. The number of halogens is 2. The predicted octanol–water partition coefficient (Wildman–Crippen LogP) is 3.91. The fraction of sp³-hybridized carbons (Fsp3) is 0.0476. The highest BCUT2D eigenvalue weighted by Gasteiger charge is 2.15. The van der Waals surface area contributed by atoms with E-state index in [0.717, 1.165) is 0 Å². The molecule has 0 saturated heterocycles. The van der Waals surface area contributed by atoms with Crippen molar-refractivity contribution < 1.29 is 22.7 Å². The van der Waals surface area contributed by atoms with Gasteiger partial charge in [0.1, 0.15) is 5.75 Å². The highest BCUT2D eigenvalue weighted by molar-refractivity contribution is 7.92. The van der Waals surface area contributed by atoms with Crippen LogP contribution in [-0.4, -0.2) is 26.8 Å². The first-order valence-corrected chi connectivity index (χ1v) is 11.3. The Morgan fingerprint density at radius 1 is 0.875 bits per heavy atom. The van der Waals surface area contributed by atoms with E-state index in [1.54, 1.807) is 0 Å². The van der Waals surface area contributed by atoms with Gasteiger partial charge in [-0.15, -0.1) is 0 Å². The molecule has 0 fully saturated rings. The average molecular weight is 494 g/mol. The smallest absolute Gasteiger partial charge is 0.262 e. The molecule has 32 heavy (non-hydrogen) atoms. The van der Waals surface area contributed by atoms with E-state index in [2.05, 4.69) is 10.0 Å². The first-order valence-electron chi connectivity index (χ1n) is 9.04. The molecule has 0 spiro atoms. The molecule has 3 aromatic rings. The van der Waals surface area contributed by atoms with Crippen molar-refractivity contribution in [2.24, 2.45) is 5.73 Å². The summed E-state index contributed by atoms with van der Waals surface area (Å²) in [7, 11) is -3.88.